The van der Waals surface area contributed by atoms with Crippen LogP contribution in [-0.2, 0) is 16.8 Å². The zero-order valence-corrected chi connectivity index (χ0v) is 17.5. The van der Waals surface area contributed by atoms with Gasteiger partial charge in [-0.3, -0.25) is 4.90 Å². The first-order valence-electron chi connectivity index (χ1n) is 9.32. The predicted molar refractivity (Wildman–Crippen MR) is 106 cm³/mol. The number of piperidine rings is 1. The summed E-state index contributed by atoms with van der Waals surface area (Å²) in [7, 11) is 5.49. The first-order chi connectivity index (χ1) is 13.9. The van der Waals surface area contributed by atoms with E-state index in [1.807, 2.05) is 19.0 Å². The van der Waals surface area contributed by atoms with Gasteiger partial charge in [-0.1, -0.05) is 17.7 Å². The number of hydrogen-bond acceptors (Lipinski definition) is 6. The molecule has 0 aliphatic carbocycles. The van der Waals surface area contributed by atoms with Gasteiger partial charge < -0.3 is 15.0 Å². The van der Waals surface area contributed by atoms with E-state index >= 15 is 0 Å². The molecule has 9 nitrogen and oxygen atoms in total. The Bertz CT molecular complexity index is 862. The molecule has 1 unspecified atom stereocenters. The number of amides is 2. The van der Waals surface area contributed by atoms with E-state index in [2.05, 4.69) is 20.8 Å². The van der Waals surface area contributed by atoms with Crippen molar-refractivity contribution in [2.45, 2.75) is 24.9 Å². The average molecular weight is 426 g/mol. The van der Waals surface area contributed by atoms with Gasteiger partial charge >= 0.3 is 6.03 Å². The Morgan fingerprint density at radius 1 is 1.45 bits per heavy atom. The van der Waals surface area contributed by atoms with Crippen molar-refractivity contribution < 1.29 is 13.9 Å². The summed E-state index contributed by atoms with van der Waals surface area (Å²) in [6, 6.07) is 4.11. The summed E-state index contributed by atoms with van der Waals surface area (Å²) < 4.78 is 21.0. The Labute approximate surface area is 173 Å². The summed E-state index contributed by atoms with van der Waals surface area (Å²) in [6.45, 7) is 1.89. The third kappa shape index (κ3) is 4.34. The van der Waals surface area contributed by atoms with Gasteiger partial charge in [-0.2, -0.15) is 0 Å². The van der Waals surface area contributed by atoms with Crippen molar-refractivity contribution in [1.29, 1.82) is 0 Å². The van der Waals surface area contributed by atoms with Gasteiger partial charge in [0, 0.05) is 20.2 Å². The molecule has 1 aliphatic heterocycles. The number of urea groups is 1. The molecule has 0 bridgehead atoms. The van der Waals surface area contributed by atoms with Crippen LogP contribution in [0, 0.1) is 5.82 Å². The molecule has 1 saturated heterocycles. The molecule has 1 fully saturated rings. The molecule has 158 valence electrons. The minimum atomic E-state index is -0.651. The summed E-state index contributed by atoms with van der Waals surface area (Å²) in [6.07, 6.45) is 1.53. The molecule has 3 rings (SSSR count). The highest BCUT2D eigenvalue weighted by atomic mass is 35.5. The Kier molecular flexibility index (Phi) is 6.66. The summed E-state index contributed by atoms with van der Waals surface area (Å²) >= 11 is 5.81. The number of anilines is 1. The smallest absolute Gasteiger partial charge is 0.322 e. The maximum Gasteiger partial charge on any atom is 0.322 e. The first kappa shape index (κ1) is 21.4. The summed E-state index contributed by atoms with van der Waals surface area (Å²) in [5.74, 6) is 0.0212. The molecule has 0 radical (unpaired) electrons. The van der Waals surface area contributed by atoms with E-state index in [9.17, 15) is 9.18 Å². The number of nitrogens with zero attached hydrogens (tertiary/aromatic N) is 6. The van der Waals surface area contributed by atoms with E-state index in [4.69, 9.17) is 16.3 Å². The number of methoxy groups -OCH3 is 1. The Morgan fingerprint density at radius 2 is 2.24 bits per heavy atom. The first-order valence-corrected chi connectivity index (χ1v) is 9.70. The quantitative estimate of drug-likeness (QED) is 0.763. The monoisotopic (exact) mass is 425 g/mol. The molecule has 2 amide bonds. The Hall–Kier alpha value is -2.30. The van der Waals surface area contributed by atoms with Crippen LogP contribution in [0.4, 0.5) is 14.9 Å². The second-order valence-electron chi connectivity index (χ2n) is 7.20. The number of aromatic nitrogens is 4. The number of tetrazole rings is 1. The molecule has 1 aromatic heterocycles. The average Bonchev–Trinajstić information content (AvgIpc) is 3.18. The topological polar surface area (TPSA) is 88.4 Å². The number of likely N-dealkylation sites (N-methyl/N-ethyl adjacent to an activating group) is 1. The molecular weight excluding hydrogens is 401 g/mol. The molecule has 0 spiro atoms. The summed E-state index contributed by atoms with van der Waals surface area (Å²) in [5.41, 5.74) is -0.520. The van der Waals surface area contributed by atoms with Crippen molar-refractivity contribution in [3.05, 3.63) is 34.9 Å². The lowest BCUT2D eigenvalue weighted by atomic mass is 9.86. The second kappa shape index (κ2) is 9.02. The third-order valence-corrected chi connectivity index (χ3v) is 5.55. The number of benzene rings is 1. The molecule has 1 aliphatic rings. The fourth-order valence-electron chi connectivity index (χ4n) is 3.62. The van der Waals surface area contributed by atoms with Gasteiger partial charge in [-0.05, 0) is 49.5 Å². The lowest BCUT2D eigenvalue weighted by molar-refractivity contribution is 0.0473. The third-order valence-electron chi connectivity index (χ3n) is 5.26. The largest absolute Gasteiger partial charge is 0.383 e. The number of carbonyl (C=O) groups excluding carboxylic acids is 1. The standard InChI is InChI=1S/C18H25ClFN7O2/c1-25(2)18(16-22-23-24-27(16)10-11-29-3)8-5-9-26(12-18)17(28)21-14-7-4-6-13(19)15(14)20/h4,6-7H,5,8-12H2,1-3H3,(H,21,28). The summed E-state index contributed by atoms with van der Waals surface area (Å²) in [5, 5.41) is 14.8. The molecule has 1 aromatic carbocycles. The van der Waals surface area contributed by atoms with Gasteiger partial charge in [-0.25, -0.2) is 13.9 Å². The Balaban J connectivity index is 1.84. The molecule has 1 N–H and O–H groups in total. The van der Waals surface area contributed by atoms with Crippen LogP contribution < -0.4 is 5.32 Å². The van der Waals surface area contributed by atoms with Crippen LogP contribution >= 0.6 is 11.6 Å². The zero-order valence-electron chi connectivity index (χ0n) is 16.7. The van der Waals surface area contributed by atoms with Crippen LogP contribution in [0.25, 0.3) is 0 Å². The van der Waals surface area contributed by atoms with Crippen molar-refractivity contribution in [2.75, 3.05) is 46.2 Å². The molecular formula is C18H25ClFN7O2. The van der Waals surface area contributed by atoms with Gasteiger partial charge in [0.05, 0.1) is 23.9 Å². The molecule has 0 saturated carbocycles. The second-order valence-corrected chi connectivity index (χ2v) is 7.61. The highest BCUT2D eigenvalue weighted by Crippen LogP contribution is 2.35. The van der Waals surface area contributed by atoms with Crippen molar-refractivity contribution in [1.82, 2.24) is 30.0 Å². The lowest BCUT2D eigenvalue weighted by Crippen LogP contribution is -2.57. The molecule has 2 aromatic rings. The number of likely N-dealkylation sites (tertiary alicyclic amines) is 1. The van der Waals surface area contributed by atoms with Crippen LogP contribution in [0.3, 0.4) is 0 Å². The SMILES string of the molecule is COCCn1nnnc1C1(N(C)C)CCCN(C(=O)Nc2cccc(Cl)c2F)C1. The highest BCUT2D eigenvalue weighted by Gasteiger charge is 2.44. The highest BCUT2D eigenvalue weighted by molar-refractivity contribution is 6.31. The lowest BCUT2D eigenvalue weighted by Gasteiger charge is -2.45. The zero-order chi connectivity index (χ0) is 21.0. The van der Waals surface area contributed by atoms with E-state index < -0.39 is 17.4 Å². The van der Waals surface area contributed by atoms with E-state index in [0.717, 1.165) is 12.8 Å². The van der Waals surface area contributed by atoms with E-state index in [1.165, 1.54) is 12.1 Å². The summed E-state index contributed by atoms with van der Waals surface area (Å²) in [4.78, 5) is 16.6. The molecule has 29 heavy (non-hydrogen) atoms. The number of ether oxygens (including phenoxy) is 1. The number of carbonyl (C=O) groups is 1. The van der Waals surface area contributed by atoms with Crippen LogP contribution in [-0.4, -0.2) is 76.9 Å². The van der Waals surface area contributed by atoms with Crippen molar-refractivity contribution >= 4 is 23.3 Å². The van der Waals surface area contributed by atoms with Crippen LogP contribution in [0.15, 0.2) is 18.2 Å². The number of hydrogen-bond donors (Lipinski definition) is 1. The minimum absolute atomic E-state index is 0.0404. The van der Waals surface area contributed by atoms with E-state index in [0.29, 0.717) is 32.1 Å². The number of halogens is 2. The van der Waals surface area contributed by atoms with Gasteiger partial charge in [0.2, 0.25) is 0 Å². The van der Waals surface area contributed by atoms with Crippen molar-refractivity contribution in [3.8, 4) is 0 Å². The van der Waals surface area contributed by atoms with E-state index in [-0.39, 0.29) is 10.7 Å². The van der Waals surface area contributed by atoms with Gasteiger partial charge in [0.15, 0.2) is 11.6 Å². The van der Waals surface area contributed by atoms with Crippen LogP contribution in [0.1, 0.15) is 18.7 Å². The van der Waals surface area contributed by atoms with Gasteiger partial charge in [0.25, 0.3) is 0 Å². The van der Waals surface area contributed by atoms with Crippen LogP contribution in [0.2, 0.25) is 5.02 Å². The fourth-order valence-corrected chi connectivity index (χ4v) is 3.79. The fraction of sp³-hybridized carbons (Fsp3) is 0.556. The van der Waals surface area contributed by atoms with Crippen molar-refractivity contribution in [2.24, 2.45) is 0 Å². The van der Waals surface area contributed by atoms with Crippen LogP contribution in [0.5, 0.6) is 0 Å². The van der Waals surface area contributed by atoms with Gasteiger partial charge in [-0.15, -0.1) is 5.10 Å². The molecule has 11 heteroatoms. The minimum Gasteiger partial charge on any atom is -0.383 e. The molecule has 1 atom stereocenters. The maximum absolute atomic E-state index is 14.2. The predicted octanol–water partition coefficient (Wildman–Crippen LogP) is 2.20. The number of nitrogens with one attached hydrogen (secondary N) is 1. The maximum atomic E-state index is 14.2. The van der Waals surface area contributed by atoms with E-state index in [1.54, 1.807) is 22.8 Å². The Morgan fingerprint density at radius 3 is 2.97 bits per heavy atom. The van der Waals surface area contributed by atoms with Crippen molar-refractivity contribution in [3.63, 3.8) is 0 Å². The molecule has 2 heterocycles. The van der Waals surface area contributed by atoms with Gasteiger partial charge in [0.1, 0.15) is 5.54 Å². The number of rotatable bonds is 6. The normalized spacial score (nSPS) is 19.6.